The predicted octanol–water partition coefficient (Wildman–Crippen LogP) is 3.60. The molecule has 0 aliphatic carbocycles. The van der Waals surface area contributed by atoms with Gasteiger partial charge in [-0.25, -0.2) is 0 Å². The Morgan fingerprint density at radius 1 is 1.32 bits per heavy atom. The van der Waals surface area contributed by atoms with Crippen LogP contribution in [0.4, 0.5) is 0 Å². The summed E-state index contributed by atoms with van der Waals surface area (Å²) in [5.74, 6) is -1.56. The quantitative estimate of drug-likeness (QED) is 0.669. The van der Waals surface area contributed by atoms with Crippen LogP contribution in [0.15, 0.2) is 18.2 Å². The lowest BCUT2D eigenvalue weighted by atomic mass is 10.0. The van der Waals surface area contributed by atoms with E-state index in [1.54, 1.807) is 26.8 Å². The standard InChI is InChI=1S/C15H19ClNO4P/c1-5-22(20,21)15(4,9(2)3)17-13(18)10-7-6-8-11(16)12(10)14(17)19/h6-9H,5H2,1-4H3,(H,20,21). The molecule has 1 heterocycles. The van der Waals surface area contributed by atoms with Gasteiger partial charge in [0.1, 0.15) is 5.28 Å². The zero-order valence-corrected chi connectivity index (χ0v) is 14.6. The van der Waals surface area contributed by atoms with Crippen LogP contribution in [-0.4, -0.2) is 33.0 Å². The lowest BCUT2D eigenvalue weighted by Crippen LogP contribution is -2.53. The SMILES string of the molecule is CCP(=O)(O)C(C)(C(C)C)N1C(=O)c2cccc(Cl)c2C1=O. The summed E-state index contributed by atoms with van der Waals surface area (Å²) in [5.41, 5.74) is 0.289. The highest BCUT2D eigenvalue weighted by atomic mass is 35.5. The molecule has 2 rings (SSSR count). The van der Waals surface area contributed by atoms with Gasteiger partial charge in [0.15, 0.2) is 0 Å². The number of carbonyl (C=O) groups excluding carboxylic acids is 2. The van der Waals surface area contributed by atoms with Gasteiger partial charge in [0, 0.05) is 6.16 Å². The highest BCUT2D eigenvalue weighted by Crippen LogP contribution is 2.60. The third-order valence-electron chi connectivity index (χ3n) is 4.55. The van der Waals surface area contributed by atoms with Gasteiger partial charge in [-0.1, -0.05) is 38.4 Å². The zero-order valence-electron chi connectivity index (χ0n) is 13.0. The summed E-state index contributed by atoms with van der Waals surface area (Å²) in [6.45, 7) is 6.53. The van der Waals surface area contributed by atoms with Gasteiger partial charge in [-0.15, -0.1) is 0 Å². The zero-order chi connectivity index (χ0) is 16.9. The number of amides is 2. The van der Waals surface area contributed by atoms with Crippen LogP contribution in [0, 0.1) is 5.92 Å². The Balaban J connectivity index is 2.68. The first-order chi connectivity index (χ1) is 10.1. The van der Waals surface area contributed by atoms with Crippen LogP contribution in [0.1, 0.15) is 48.4 Å². The summed E-state index contributed by atoms with van der Waals surface area (Å²) in [5, 5.41) is -1.30. The smallest absolute Gasteiger partial charge is 0.264 e. The van der Waals surface area contributed by atoms with Crippen LogP contribution >= 0.6 is 19.0 Å². The Morgan fingerprint density at radius 2 is 1.91 bits per heavy atom. The van der Waals surface area contributed by atoms with Crippen molar-refractivity contribution in [3.63, 3.8) is 0 Å². The number of rotatable bonds is 4. The molecule has 0 bridgehead atoms. The van der Waals surface area contributed by atoms with Gasteiger partial charge in [0.05, 0.1) is 16.1 Å². The first-order valence-corrected chi connectivity index (χ1v) is 9.31. The molecule has 0 aromatic heterocycles. The van der Waals surface area contributed by atoms with E-state index in [1.165, 1.54) is 19.1 Å². The van der Waals surface area contributed by atoms with E-state index in [0.29, 0.717) is 0 Å². The maximum atomic E-state index is 12.7. The fraction of sp³-hybridized carbons (Fsp3) is 0.467. The Labute approximate surface area is 134 Å². The summed E-state index contributed by atoms with van der Waals surface area (Å²) in [4.78, 5) is 36.8. The Bertz CT molecular complexity index is 703. The van der Waals surface area contributed by atoms with Crippen molar-refractivity contribution in [1.82, 2.24) is 4.90 Å². The van der Waals surface area contributed by atoms with Crippen LogP contribution in [0.3, 0.4) is 0 Å². The second-order valence-corrected chi connectivity index (χ2v) is 9.22. The molecule has 0 radical (unpaired) electrons. The number of hydrogen-bond donors (Lipinski definition) is 1. The van der Waals surface area contributed by atoms with Crippen molar-refractivity contribution in [3.8, 4) is 0 Å². The molecule has 1 aromatic rings. The number of fused-ring (bicyclic) bond motifs is 1. The maximum Gasteiger partial charge on any atom is 0.264 e. The topological polar surface area (TPSA) is 74.7 Å². The molecule has 1 N–H and O–H groups in total. The predicted molar refractivity (Wildman–Crippen MR) is 85.6 cm³/mol. The minimum atomic E-state index is -3.78. The molecule has 0 saturated heterocycles. The first kappa shape index (κ1) is 17.2. The lowest BCUT2D eigenvalue weighted by molar-refractivity contribution is 0.0482. The highest BCUT2D eigenvalue weighted by molar-refractivity contribution is 7.59. The molecule has 5 nitrogen and oxygen atoms in total. The summed E-state index contributed by atoms with van der Waals surface area (Å²) in [6.07, 6.45) is -0.0250. The number of hydrogen-bond acceptors (Lipinski definition) is 3. The van der Waals surface area contributed by atoms with Crippen molar-refractivity contribution in [1.29, 1.82) is 0 Å². The molecule has 0 saturated carbocycles. The molecule has 2 amide bonds. The van der Waals surface area contributed by atoms with Gasteiger partial charge in [-0.05, 0) is 25.0 Å². The molecule has 1 aromatic carbocycles. The van der Waals surface area contributed by atoms with Gasteiger partial charge in [0.25, 0.3) is 11.8 Å². The van der Waals surface area contributed by atoms with Gasteiger partial charge in [0.2, 0.25) is 7.37 Å². The average Bonchev–Trinajstić information content (AvgIpc) is 2.71. The van der Waals surface area contributed by atoms with Crippen LogP contribution in [0.2, 0.25) is 5.02 Å². The molecule has 2 unspecified atom stereocenters. The highest BCUT2D eigenvalue weighted by Gasteiger charge is 2.57. The minimum Gasteiger partial charge on any atom is -0.343 e. The average molecular weight is 344 g/mol. The van der Waals surface area contributed by atoms with Crippen LogP contribution in [0.25, 0.3) is 0 Å². The van der Waals surface area contributed by atoms with E-state index in [4.69, 9.17) is 11.6 Å². The van der Waals surface area contributed by atoms with Crippen LogP contribution in [0.5, 0.6) is 0 Å². The van der Waals surface area contributed by atoms with E-state index in [9.17, 15) is 19.0 Å². The molecule has 0 spiro atoms. The summed E-state index contributed by atoms with van der Waals surface area (Å²) in [7, 11) is -3.78. The van der Waals surface area contributed by atoms with Gasteiger partial charge >= 0.3 is 0 Å². The van der Waals surface area contributed by atoms with E-state index >= 15 is 0 Å². The van der Waals surface area contributed by atoms with Crippen molar-refractivity contribution in [2.75, 3.05) is 6.16 Å². The summed E-state index contributed by atoms with van der Waals surface area (Å²) < 4.78 is 12.7. The maximum absolute atomic E-state index is 12.7. The molecule has 0 fully saturated rings. The fourth-order valence-corrected chi connectivity index (χ4v) is 4.99. The van der Waals surface area contributed by atoms with E-state index in [2.05, 4.69) is 0 Å². The van der Waals surface area contributed by atoms with E-state index < -0.39 is 24.5 Å². The second kappa shape index (κ2) is 5.48. The van der Waals surface area contributed by atoms with Crippen molar-refractivity contribution < 1.29 is 19.0 Å². The summed E-state index contributed by atoms with van der Waals surface area (Å²) >= 11 is 6.04. The number of carbonyl (C=O) groups is 2. The summed E-state index contributed by atoms with van der Waals surface area (Å²) in [6, 6.07) is 4.62. The minimum absolute atomic E-state index is 0.0250. The van der Waals surface area contributed by atoms with E-state index in [0.717, 1.165) is 4.90 Å². The Morgan fingerprint density at radius 3 is 2.36 bits per heavy atom. The van der Waals surface area contributed by atoms with Gasteiger partial charge in [-0.2, -0.15) is 0 Å². The van der Waals surface area contributed by atoms with Crippen molar-refractivity contribution in [2.24, 2.45) is 5.92 Å². The number of nitrogens with zero attached hydrogens (tertiary/aromatic N) is 1. The molecule has 1 aliphatic rings. The molecule has 120 valence electrons. The largest absolute Gasteiger partial charge is 0.343 e. The van der Waals surface area contributed by atoms with Crippen LogP contribution in [-0.2, 0) is 4.57 Å². The van der Waals surface area contributed by atoms with Crippen LogP contribution < -0.4 is 0 Å². The molecular formula is C15H19ClNO4P. The molecule has 22 heavy (non-hydrogen) atoms. The molecule has 2 atom stereocenters. The second-order valence-electron chi connectivity index (χ2n) is 5.87. The fourth-order valence-electron chi connectivity index (χ4n) is 2.79. The normalized spacial score (nSPS) is 20.0. The lowest BCUT2D eigenvalue weighted by Gasteiger charge is -2.43. The monoisotopic (exact) mass is 343 g/mol. The third-order valence-corrected chi connectivity index (χ3v) is 7.85. The number of halogens is 1. The first-order valence-electron chi connectivity index (χ1n) is 7.08. The molecule has 1 aliphatic heterocycles. The Hall–Kier alpha value is -1.16. The van der Waals surface area contributed by atoms with Gasteiger partial charge < -0.3 is 4.89 Å². The number of benzene rings is 1. The third kappa shape index (κ3) is 2.15. The Kier molecular flexibility index (Phi) is 4.29. The molecule has 7 heteroatoms. The van der Waals surface area contributed by atoms with Crippen molar-refractivity contribution >= 4 is 30.8 Å². The van der Waals surface area contributed by atoms with Gasteiger partial charge in [-0.3, -0.25) is 19.1 Å². The van der Waals surface area contributed by atoms with E-state index in [-0.39, 0.29) is 28.2 Å². The van der Waals surface area contributed by atoms with Crippen molar-refractivity contribution in [2.45, 2.75) is 33.0 Å². The van der Waals surface area contributed by atoms with E-state index in [1.807, 2.05) is 0 Å². The molecular weight excluding hydrogens is 325 g/mol. The number of imide groups is 1. The van der Waals surface area contributed by atoms with Crippen molar-refractivity contribution in [3.05, 3.63) is 34.3 Å².